The van der Waals surface area contributed by atoms with E-state index in [2.05, 4.69) is 56.7 Å². The smallest absolute Gasteiger partial charge is 0.305 e. The number of aromatic nitrogens is 4. The quantitative estimate of drug-likeness (QED) is 0.234. The Labute approximate surface area is 252 Å². The number of aromatic amines is 2. The van der Waals surface area contributed by atoms with Gasteiger partial charge in [0.05, 0.1) is 29.9 Å². The number of hydrogen-bond acceptors (Lipinski definition) is 5. The van der Waals surface area contributed by atoms with Crippen LogP contribution < -0.4 is 0 Å². The lowest BCUT2D eigenvalue weighted by Crippen LogP contribution is -2.02. The highest BCUT2D eigenvalue weighted by atomic mass is 16.5. The number of methoxy groups -OCH3 is 1. The maximum atomic E-state index is 12.1. The molecule has 224 valence electrons. The van der Waals surface area contributed by atoms with Crippen molar-refractivity contribution in [2.24, 2.45) is 0 Å². The molecule has 0 amide bonds. The summed E-state index contributed by atoms with van der Waals surface area (Å²) in [4.78, 5) is 41.1. The van der Waals surface area contributed by atoms with Crippen molar-refractivity contribution in [3.63, 3.8) is 0 Å². The van der Waals surface area contributed by atoms with E-state index < -0.39 is 5.97 Å². The van der Waals surface area contributed by atoms with Gasteiger partial charge in [0.2, 0.25) is 0 Å². The first kappa shape index (κ1) is 30.0. The summed E-state index contributed by atoms with van der Waals surface area (Å²) in [6.07, 6.45) is 2.84. The molecule has 0 spiro atoms. The number of esters is 1. The Bertz CT molecular complexity index is 1870. The highest BCUT2D eigenvalue weighted by molar-refractivity contribution is 5.96. The average Bonchev–Trinajstić information content (AvgIpc) is 3.63. The van der Waals surface area contributed by atoms with Crippen LogP contribution in [0.5, 0.6) is 0 Å². The first-order chi connectivity index (χ1) is 20.6. The molecule has 3 N–H and O–H groups in total. The summed E-state index contributed by atoms with van der Waals surface area (Å²) in [5, 5.41) is 9.50. The van der Waals surface area contributed by atoms with Gasteiger partial charge in [0, 0.05) is 34.9 Å². The summed E-state index contributed by atoms with van der Waals surface area (Å²) in [7, 11) is 1.40. The third-order valence-corrected chi connectivity index (χ3v) is 8.90. The third-order valence-electron chi connectivity index (χ3n) is 8.90. The highest BCUT2D eigenvalue weighted by Gasteiger charge is 2.22. The summed E-state index contributed by atoms with van der Waals surface area (Å²) in [5.74, 6) is -1.12. The Balaban J connectivity index is 1.91. The highest BCUT2D eigenvalue weighted by Crippen LogP contribution is 2.37. The van der Waals surface area contributed by atoms with E-state index in [-0.39, 0.29) is 18.8 Å². The molecule has 0 radical (unpaired) electrons. The van der Waals surface area contributed by atoms with Crippen LogP contribution >= 0.6 is 0 Å². The van der Waals surface area contributed by atoms with Gasteiger partial charge in [0.25, 0.3) is 0 Å². The molecule has 0 unspecified atom stereocenters. The molecule has 2 aliphatic heterocycles. The molecule has 2 aliphatic rings. The number of hydrogen-bond donors (Lipinski definition) is 3. The monoisotopic (exact) mass is 580 g/mol. The molecule has 0 saturated heterocycles. The zero-order valence-corrected chi connectivity index (χ0v) is 26.1. The van der Waals surface area contributed by atoms with Gasteiger partial charge in [-0.05, 0) is 122 Å². The van der Waals surface area contributed by atoms with E-state index in [4.69, 9.17) is 14.7 Å². The third kappa shape index (κ3) is 5.66. The largest absolute Gasteiger partial charge is 0.481 e. The number of carbonyl (C=O) groups is 2. The van der Waals surface area contributed by atoms with E-state index in [1.54, 1.807) is 0 Å². The Morgan fingerprint density at radius 2 is 1.26 bits per heavy atom. The molecule has 8 nitrogen and oxygen atoms in total. The molecule has 3 aromatic rings. The number of ether oxygens (including phenoxy) is 1. The van der Waals surface area contributed by atoms with Crippen LogP contribution in [0, 0.1) is 13.8 Å². The molecular weight excluding hydrogens is 540 g/mol. The summed E-state index contributed by atoms with van der Waals surface area (Å²) >= 11 is 0. The zero-order chi connectivity index (χ0) is 31.0. The Kier molecular flexibility index (Phi) is 8.40. The van der Waals surface area contributed by atoms with Gasteiger partial charge < -0.3 is 19.8 Å². The van der Waals surface area contributed by atoms with Crippen molar-refractivity contribution in [2.75, 3.05) is 7.11 Å². The molecule has 5 rings (SSSR count). The number of nitrogens with zero attached hydrogens (tertiary/aromatic N) is 2. The molecule has 0 atom stereocenters. The Morgan fingerprint density at radius 1 is 0.698 bits per heavy atom. The van der Waals surface area contributed by atoms with Gasteiger partial charge in [-0.1, -0.05) is 13.8 Å². The second kappa shape index (κ2) is 12.0. The number of aryl methyl sites for hydroxylation is 4. The van der Waals surface area contributed by atoms with Gasteiger partial charge in [0.15, 0.2) is 0 Å². The van der Waals surface area contributed by atoms with Gasteiger partial charge >= 0.3 is 11.9 Å². The van der Waals surface area contributed by atoms with Crippen LogP contribution in [0.3, 0.4) is 0 Å². The van der Waals surface area contributed by atoms with E-state index in [0.29, 0.717) is 12.8 Å². The van der Waals surface area contributed by atoms with Crippen molar-refractivity contribution in [1.29, 1.82) is 0 Å². The second-order valence-corrected chi connectivity index (χ2v) is 11.3. The van der Waals surface area contributed by atoms with Crippen molar-refractivity contribution < 1.29 is 19.4 Å². The fraction of sp³-hybridized carbons (Fsp3) is 0.371. The number of aliphatic carboxylic acids is 1. The van der Waals surface area contributed by atoms with E-state index in [0.717, 1.165) is 85.5 Å². The molecule has 5 heterocycles. The average molecular weight is 581 g/mol. The predicted octanol–water partition coefficient (Wildman–Crippen LogP) is 7.74. The number of rotatable bonds is 8. The van der Waals surface area contributed by atoms with E-state index in [1.807, 2.05) is 19.1 Å². The first-order valence-electron chi connectivity index (χ1n) is 15.0. The van der Waals surface area contributed by atoms with Crippen molar-refractivity contribution in [2.45, 2.75) is 80.1 Å². The topological polar surface area (TPSA) is 121 Å². The van der Waals surface area contributed by atoms with Crippen molar-refractivity contribution >= 4 is 56.3 Å². The van der Waals surface area contributed by atoms with Crippen LogP contribution in [-0.2, 0) is 27.2 Å². The van der Waals surface area contributed by atoms with Crippen LogP contribution in [-0.4, -0.2) is 44.1 Å². The van der Waals surface area contributed by atoms with Crippen molar-refractivity contribution in [3.05, 3.63) is 69.3 Å². The number of carboxylic acids is 1. The maximum absolute atomic E-state index is 12.1. The molecule has 0 fully saturated rings. The fourth-order valence-corrected chi connectivity index (χ4v) is 6.32. The van der Waals surface area contributed by atoms with Crippen molar-refractivity contribution in [3.8, 4) is 0 Å². The fourth-order valence-electron chi connectivity index (χ4n) is 6.32. The predicted molar refractivity (Wildman–Crippen MR) is 172 cm³/mol. The standard InChI is InChI=1S/C35H40N4O4/c1-8-22-18(3)26-14-27-20(5)24(10-12-34(40)41)32(38-27)17-33-25(11-13-35(42)43-7)21(6)29(39-33)16-31-23(9-2)19(4)28(37-31)15-30(22)36-26/h14-17,37,39H,8-13H2,1-7H3,(H,40,41). The molecule has 8 heteroatoms. The van der Waals surface area contributed by atoms with Crippen LogP contribution in [0.25, 0.3) is 44.4 Å². The van der Waals surface area contributed by atoms with Crippen LogP contribution in [0.2, 0.25) is 0 Å². The molecule has 43 heavy (non-hydrogen) atoms. The lowest BCUT2D eigenvalue weighted by Gasteiger charge is -2.03. The van der Waals surface area contributed by atoms with Gasteiger partial charge in [-0.3, -0.25) is 9.59 Å². The molecule has 3 aromatic heterocycles. The maximum Gasteiger partial charge on any atom is 0.305 e. The summed E-state index contributed by atoms with van der Waals surface area (Å²) in [6, 6.07) is 8.32. The summed E-state index contributed by atoms with van der Waals surface area (Å²) in [5.41, 5.74) is 15.9. The minimum atomic E-state index is -0.852. The lowest BCUT2D eigenvalue weighted by atomic mass is 9.99. The molecule has 0 saturated carbocycles. The normalized spacial score (nSPS) is 13.2. The SMILES string of the molecule is CCC1=C(C)c2cc3nc(cc4[nH]c(cc5[nH]c(cc1n2)c(C)c5CC)c(C)c4CCC(=O)OC)C(CCC(=O)O)=C3C. The van der Waals surface area contributed by atoms with Crippen LogP contribution in [0.15, 0.2) is 24.3 Å². The molecule has 0 aromatic carbocycles. The van der Waals surface area contributed by atoms with Crippen LogP contribution in [0.4, 0.5) is 0 Å². The number of carbonyl (C=O) groups excluding carboxylic acids is 1. The first-order valence-corrected chi connectivity index (χ1v) is 15.0. The molecular formula is C35H40N4O4. The van der Waals surface area contributed by atoms with E-state index in [1.165, 1.54) is 23.8 Å². The number of allylic oxidation sites excluding steroid dienone is 4. The molecule has 0 aliphatic carbocycles. The number of fused-ring (bicyclic) bond motifs is 8. The van der Waals surface area contributed by atoms with E-state index in [9.17, 15) is 14.7 Å². The lowest BCUT2D eigenvalue weighted by molar-refractivity contribution is -0.140. The number of nitrogens with one attached hydrogen (secondary N) is 2. The van der Waals surface area contributed by atoms with Crippen LogP contribution in [0.1, 0.15) is 98.4 Å². The van der Waals surface area contributed by atoms with Gasteiger partial charge in [-0.25, -0.2) is 9.97 Å². The van der Waals surface area contributed by atoms with Crippen molar-refractivity contribution in [1.82, 2.24) is 19.9 Å². The van der Waals surface area contributed by atoms with Gasteiger partial charge in [-0.2, -0.15) is 0 Å². The zero-order valence-electron chi connectivity index (χ0n) is 26.1. The van der Waals surface area contributed by atoms with Gasteiger partial charge in [0.1, 0.15) is 0 Å². The van der Waals surface area contributed by atoms with E-state index >= 15 is 0 Å². The second-order valence-electron chi connectivity index (χ2n) is 11.3. The minimum absolute atomic E-state index is 0.00558. The molecule has 8 bridgehead atoms. The minimum Gasteiger partial charge on any atom is -0.481 e. The van der Waals surface area contributed by atoms with Gasteiger partial charge in [-0.15, -0.1) is 0 Å². The number of carboxylic acid groups (broad SMARTS) is 1. The number of H-pyrrole nitrogens is 2. The summed E-state index contributed by atoms with van der Waals surface area (Å²) < 4.78 is 4.94. The Hall–Kier alpha value is -4.46. The summed E-state index contributed by atoms with van der Waals surface area (Å²) in [6.45, 7) is 12.6. The Morgan fingerprint density at radius 3 is 1.86 bits per heavy atom.